The van der Waals surface area contributed by atoms with Crippen LogP contribution in [0.15, 0.2) is 58.4 Å². The molecule has 1 aromatic carbocycles. The summed E-state index contributed by atoms with van der Waals surface area (Å²) in [6, 6.07) is 14.3. The molecule has 0 N–H and O–H groups in total. The summed E-state index contributed by atoms with van der Waals surface area (Å²) >= 11 is 6.80. The number of fused-ring (bicyclic) bond motifs is 1. The van der Waals surface area contributed by atoms with Crippen LogP contribution in [0.2, 0.25) is 0 Å². The van der Waals surface area contributed by atoms with Gasteiger partial charge in [-0.3, -0.25) is 23.8 Å². The van der Waals surface area contributed by atoms with E-state index >= 15 is 0 Å². The summed E-state index contributed by atoms with van der Waals surface area (Å²) < 4.78 is 7.81. The van der Waals surface area contributed by atoms with E-state index in [1.54, 1.807) is 21.6 Å². The highest BCUT2D eigenvalue weighted by molar-refractivity contribution is 8.26. The Kier molecular flexibility index (Phi) is 7.53. The minimum Gasteiger partial charge on any atom is -0.376 e. The molecule has 39 heavy (non-hydrogen) atoms. The topological polar surface area (TPSA) is 70.4 Å². The second-order valence-electron chi connectivity index (χ2n) is 10.3. The number of piperazine rings is 1. The number of amides is 1. The van der Waals surface area contributed by atoms with Crippen molar-refractivity contribution in [3.05, 3.63) is 80.6 Å². The van der Waals surface area contributed by atoms with Gasteiger partial charge >= 0.3 is 0 Å². The minimum atomic E-state index is -0.185. The molecule has 3 fully saturated rings. The van der Waals surface area contributed by atoms with Crippen LogP contribution in [0.25, 0.3) is 11.7 Å². The second kappa shape index (κ2) is 11.2. The van der Waals surface area contributed by atoms with Gasteiger partial charge in [0.05, 0.1) is 23.1 Å². The summed E-state index contributed by atoms with van der Waals surface area (Å²) in [5.41, 5.74) is 3.08. The molecule has 0 unspecified atom stereocenters. The number of aryl methyl sites for hydroxylation is 1. The van der Waals surface area contributed by atoms with Crippen molar-refractivity contribution in [1.82, 2.24) is 19.2 Å². The zero-order valence-corrected chi connectivity index (χ0v) is 23.5. The Morgan fingerprint density at radius 3 is 2.64 bits per heavy atom. The average Bonchev–Trinajstić information content (AvgIpc) is 3.55. The van der Waals surface area contributed by atoms with E-state index in [9.17, 15) is 9.59 Å². The standard InChI is InChI=1S/C29H31N5O3S2/c1-20-9-10-25-30-26(32-13-11-31(12-14-32)18-21-6-3-2-4-7-21)23(27(35)33(25)17-20)16-24-28(36)34(29(38)39-24)19-22-8-5-15-37-22/h2-4,6-7,9-10,16-17,22H,5,8,11-15,18-19H2,1H3/b24-16-/t22-/m1/s1. The monoisotopic (exact) mass is 561 g/mol. The molecule has 1 amide bonds. The summed E-state index contributed by atoms with van der Waals surface area (Å²) in [7, 11) is 0. The lowest BCUT2D eigenvalue weighted by atomic mass is 10.1. The summed E-state index contributed by atoms with van der Waals surface area (Å²) in [5, 5.41) is 0. The summed E-state index contributed by atoms with van der Waals surface area (Å²) in [6.07, 6.45) is 5.42. The van der Waals surface area contributed by atoms with Gasteiger partial charge in [-0.15, -0.1) is 0 Å². The van der Waals surface area contributed by atoms with Gasteiger partial charge in [0.1, 0.15) is 15.8 Å². The fourth-order valence-corrected chi connectivity index (χ4v) is 6.61. The molecule has 3 aromatic rings. The Balaban J connectivity index is 1.31. The third-order valence-electron chi connectivity index (χ3n) is 7.47. The molecule has 1 atom stereocenters. The SMILES string of the molecule is Cc1ccc2nc(N3CCN(Cc4ccccc4)CC3)c(/C=C3\SC(=S)N(C[C@H]4CCCO4)C3=O)c(=O)n2c1. The molecule has 10 heteroatoms. The van der Waals surface area contributed by atoms with Crippen LogP contribution in [0.3, 0.4) is 0 Å². The third-order valence-corrected chi connectivity index (χ3v) is 8.84. The van der Waals surface area contributed by atoms with E-state index in [4.69, 9.17) is 21.9 Å². The first-order valence-electron chi connectivity index (χ1n) is 13.4. The van der Waals surface area contributed by atoms with E-state index in [1.807, 2.05) is 25.1 Å². The van der Waals surface area contributed by atoms with E-state index in [2.05, 4.69) is 34.1 Å². The fourth-order valence-electron chi connectivity index (χ4n) is 5.35. The number of thiocarbonyl (C=S) groups is 1. The van der Waals surface area contributed by atoms with Gasteiger partial charge in [-0.2, -0.15) is 0 Å². The summed E-state index contributed by atoms with van der Waals surface area (Å²) in [6.45, 7) is 7.19. The normalized spacial score (nSPS) is 21.6. The Morgan fingerprint density at radius 1 is 1.10 bits per heavy atom. The van der Waals surface area contributed by atoms with Crippen LogP contribution in [-0.4, -0.2) is 74.8 Å². The predicted molar refractivity (Wildman–Crippen MR) is 159 cm³/mol. The summed E-state index contributed by atoms with van der Waals surface area (Å²) in [5.74, 6) is 0.445. The molecule has 0 bridgehead atoms. The van der Waals surface area contributed by atoms with E-state index < -0.39 is 0 Å². The minimum absolute atomic E-state index is 0.00512. The molecule has 0 radical (unpaired) electrons. The van der Waals surface area contributed by atoms with Crippen LogP contribution < -0.4 is 10.5 Å². The molecule has 5 heterocycles. The van der Waals surface area contributed by atoms with Crippen molar-refractivity contribution in [2.75, 3.05) is 44.2 Å². The number of carbonyl (C=O) groups is 1. The Bertz CT molecular complexity index is 1490. The smallest absolute Gasteiger partial charge is 0.267 e. The Morgan fingerprint density at radius 2 is 1.90 bits per heavy atom. The third kappa shape index (κ3) is 5.51. The first kappa shape index (κ1) is 26.2. The fraction of sp³-hybridized carbons (Fsp3) is 0.379. The Hall–Kier alpha value is -3.05. The van der Waals surface area contributed by atoms with E-state index in [0.29, 0.717) is 32.8 Å². The molecule has 0 aliphatic carbocycles. The predicted octanol–water partition coefficient (Wildman–Crippen LogP) is 3.71. The lowest BCUT2D eigenvalue weighted by Gasteiger charge is -2.36. The van der Waals surface area contributed by atoms with Gasteiger partial charge in [0.25, 0.3) is 11.5 Å². The highest BCUT2D eigenvalue weighted by Crippen LogP contribution is 2.34. The average molecular weight is 562 g/mol. The maximum Gasteiger partial charge on any atom is 0.267 e. The zero-order chi connectivity index (χ0) is 26.9. The van der Waals surface area contributed by atoms with Gasteiger partial charge in [-0.05, 0) is 43.0 Å². The number of thioether (sulfide) groups is 1. The van der Waals surface area contributed by atoms with Gasteiger partial charge in [0.2, 0.25) is 0 Å². The van der Waals surface area contributed by atoms with Gasteiger partial charge < -0.3 is 9.64 Å². The van der Waals surface area contributed by atoms with Crippen LogP contribution in [0.1, 0.15) is 29.5 Å². The highest BCUT2D eigenvalue weighted by atomic mass is 32.2. The summed E-state index contributed by atoms with van der Waals surface area (Å²) in [4.78, 5) is 38.8. The highest BCUT2D eigenvalue weighted by Gasteiger charge is 2.35. The van der Waals surface area contributed by atoms with Gasteiger partial charge in [-0.1, -0.05) is 60.4 Å². The Labute approximate surface area is 237 Å². The molecular weight excluding hydrogens is 530 g/mol. The largest absolute Gasteiger partial charge is 0.376 e. The van der Waals surface area contributed by atoms with Crippen molar-refractivity contribution in [3.63, 3.8) is 0 Å². The second-order valence-corrected chi connectivity index (χ2v) is 11.9. The number of benzene rings is 1. The first-order valence-corrected chi connectivity index (χ1v) is 14.6. The molecule has 3 aliphatic heterocycles. The maximum absolute atomic E-state index is 13.8. The number of ether oxygens (including phenoxy) is 1. The van der Waals surface area contributed by atoms with E-state index in [-0.39, 0.29) is 17.6 Å². The quantitative estimate of drug-likeness (QED) is 0.333. The number of pyridine rings is 1. The molecule has 8 nitrogen and oxygen atoms in total. The molecule has 3 saturated heterocycles. The number of hydrogen-bond acceptors (Lipinski definition) is 8. The van der Waals surface area contributed by atoms with Crippen molar-refractivity contribution in [2.24, 2.45) is 0 Å². The van der Waals surface area contributed by atoms with Crippen molar-refractivity contribution >= 4 is 51.7 Å². The lowest BCUT2D eigenvalue weighted by molar-refractivity contribution is -0.123. The number of nitrogens with zero attached hydrogens (tertiary/aromatic N) is 5. The number of anilines is 1. The number of aromatic nitrogens is 2. The van der Waals surface area contributed by atoms with Crippen LogP contribution >= 0.6 is 24.0 Å². The number of rotatable bonds is 6. The van der Waals surface area contributed by atoms with Crippen molar-refractivity contribution < 1.29 is 9.53 Å². The van der Waals surface area contributed by atoms with Crippen LogP contribution in [0.5, 0.6) is 0 Å². The maximum atomic E-state index is 13.8. The van der Waals surface area contributed by atoms with Crippen molar-refractivity contribution in [2.45, 2.75) is 32.4 Å². The van der Waals surface area contributed by atoms with E-state index in [1.165, 1.54) is 17.3 Å². The number of carbonyl (C=O) groups excluding carboxylic acids is 1. The molecule has 6 rings (SSSR count). The molecule has 0 spiro atoms. The van der Waals surface area contributed by atoms with Crippen molar-refractivity contribution in [1.29, 1.82) is 0 Å². The number of hydrogen-bond donors (Lipinski definition) is 0. The molecular formula is C29H31N5O3S2. The van der Waals surface area contributed by atoms with E-state index in [0.717, 1.165) is 57.7 Å². The lowest BCUT2D eigenvalue weighted by Crippen LogP contribution is -2.47. The molecule has 2 aromatic heterocycles. The van der Waals surface area contributed by atoms with Crippen molar-refractivity contribution in [3.8, 4) is 0 Å². The van der Waals surface area contributed by atoms with Gasteiger partial charge in [-0.25, -0.2) is 4.98 Å². The van der Waals surface area contributed by atoms with Crippen LogP contribution in [0, 0.1) is 6.92 Å². The molecule has 0 saturated carbocycles. The van der Waals surface area contributed by atoms with Gasteiger partial charge in [0, 0.05) is 45.5 Å². The zero-order valence-electron chi connectivity index (χ0n) is 21.9. The molecule has 202 valence electrons. The van der Waals surface area contributed by atoms with Gasteiger partial charge in [0.15, 0.2) is 0 Å². The first-order chi connectivity index (χ1) is 19.0. The van der Waals surface area contributed by atoms with Crippen LogP contribution in [0.4, 0.5) is 5.82 Å². The van der Waals surface area contributed by atoms with Crippen LogP contribution in [-0.2, 0) is 16.1 Å². The molecule has 3 aliphatic rings.